The van der Waals surface area contributed by atoms with Gasteiger partial charge in [-0.15, -0.1) is 17.0 Å². The molecule has 3 aromatic heterocycles. The standard InChI is InChI=1S/C38H34N3O2.Pt/c1-37(2,3)25-15-16-30-27(20-25)28-21-29(38(4,5)6)32(22-31(28)41(30)33-13-9-10-18-39-33)43-34-17-14-24-19-23-11-7-8-12-26(23)36(42)35(24)40-34;/h7-21,42H,1-6H3;/q-1;. The molecule has 224 valence electrons. The van der Waals surface area contributed by atoms with Crippen molar-refractivity contribution < 1.29 is 30.9 Å². The van der Waals surface area contributed by atoms with Crippen LogP contribution in [-0.2, 0) is 31.9 Å². The van der Waals surface area contributed by atoms with Gasteiger partial charge in [-0.05, 0) is 52.1 Å². The third kappa shape index (κ3) is 5.03. The molecule has 7 rings (SSSR count). The topological polar surface area (TPSA) is 60.2 Å². The van der Waals surface area contributed by atoms with Gasteiger partial charge in [0, 0.05) is 55.4 Å². The van der Waals surface area contributed by atoms with Crippen LogP contribution in [0.4, 0.5) is 0 Å². The first-order valence-corrected chi connectivity index (χ1v) is 14.7. The fourth-order valence-electron chi connectivity index (χ4n) is 5.85. The molecule has 0 atom stereocenters. The summed E-state index contributed by atoms with van der Waals surface area (Å²) in [6.45, 7) is 13.3. The van der Waals surface area contributed by atoms with Crippen molar-refractivity contribution in [3.63, 3.8) is 0 Å². The van der Waals surface area contributed by atoms with Crippen molar-refractivity contribution in [2.24, 2.45) is 0 Å². The molecule has 0 bridgehead atoms. The van der Waals surface area contributed by atoms with Crippen LogP contribution in [0.1, 0.15) is 52.7 Å². The van der Waals surface area contributed by atoms with E-state index in [4.69, 9.17) is 14.7 Å². The van der Waals surface area contributed by atoms with Crippen molar-refractivity contribution in [1.29, 1.82) is 0 Å². The van der Waals surface area contributed by atoms with E-state index in [0.717, 1.165) is 49.3 Å². The summed E-state index contributed by atoms with van der Waals surface area (Å²) in [5.41, 5.74) is 4.51. The maximum atomic E-state index is 11.1. The summed E-state index contributed by atoms with van der Waals surface area (Å²) in [6.07, 6.45) is 1.81. The number of fused-ring (bicyclic) bond motifs is 5. The van der Waals surface area contributed by atoms with Gasteiger partial charge in [0.15, 0.2) is 0 Å². The number of pyridine rings is 2. The fraction of sp³-hybridized carbons (Fsp3) is 0.211. The Morgan fingerprint density at radius 1 is 0.750 bits per heavy atom. The van der Waals surface area contributed by atoms with E-state index in [-0.39, 0.29) is 37.6 Å². The van der Waals surface area contributed by atoms with Gasteiger partial charge >= 0.3 is 0 Å². The molecule has 1 N–H and O–H groups in total. The molecule has 0 saturated carbocycles. The summed E-state index contributed by atoms with van der Waals surface area (Å²) in [7, 11) is 0. The minimum Gasteiger partial charge on any atom is -0.505 e. The smallest absolute Gasteiger partial charge is 0.217 e. The Morgan fingerprint density at radius 3 is 2.25 bits per heavy atom. The Hall–Kier alpha value is -4.21. The molecule has 0 spiro atoms. The summed E-state index contributed by atoms with van der Waals surface area (Å²) >= 11 is 0. The number of nitrogens with zero attached hydrogens (tertiary/aromatic N) is 3. The van der Waals surface area contributed by atoms with Crippen LogP contribution in [0.5, 0.6) is 17.4 Å². The van der Waals surface area contributed by atoms with Crippen LogP contribution < -0.4 is 4.74 Å². The van der Waals surface area contributed by atoms with Crippen LogP contribution in [0.25, 0.3) is 49.3 Å². The van der Waals surface area contributed by atoms with Crippen molar-refractivity contribution in [1.82, 2.24) is 14.5 Å². The number of ether oxygens (including phenoxy) is 1. The molecule has 0 aliphatic heterocycles. The SMILES string of the molecule is CC(C)(C)c1ccc2c(c1)c1cc(C(C)(C)C)c(Oc3ccc4cc5ccccc5c(O)c4n3)[c-]c1n2-c1ccccn1.[Pt]. The van der Waals surface area contributed by atoms with Gasteiger partial charge in [-0.3, -0.25) is 0 Å². The molecule has 4 aromatic carbocycles. The Labute approximate surface area is 271 Å². The van der Waals surface area contributed by atoms with E-state index >= 15 is 0 Å². The van der Waals surface area contributed by atoms with E-state index in [9.17, 15) is 5.11 Å². The molecule has 0 aliphatic rings. The normalized spacial score (nSPS) is 12.2. The first-order chi connectivity index (χ1) is 20.5. The quantitative estimate of drug-likeness (QED) is 0.144. The monoisotopic (exact) mass is 759 g/mol. The van der Waals surface area contributed by atoms with E-state index < -0.39 is 0 Å². The minimum absolute atomic E-state index is 0. The number of benzene rings is 4. The van der Waals surface area contributed by atoms with Crippen molar-refractivity contribution in [2.45, 2.75) is 52.4 Å². The Morgan fingerprint density at radius 2 is 1.52 bits per heavy atom. The maximum absolute atomic E-state index is 11.1. The number of rotatable bonds is 3. The zero-order valence-corrected chi connectivity index (χ0v) is 27.9. The molecule has 7 aromatic rings. The average molecular weight is 760 g/mol. The molecule has 0 saturated heterocycles. The summed E-state index contributed by atoms with van der Waals surface area (Å²) in [5.74, 6) is 1.97. The second-order valence-electron chi connectivity index (χ2n) is 13.3. The molecule has 5 nitrogen and oxygen atoms in total. The van der Waals surface area contributed by atoms with Crippen molar-refractivity contribution in [3.8, 4) is 23.2 Å². The van der Waals surface area contributed by atoms with Crippen LogP contribution in [0, 0.1) is 6.07 Å². The Kier molecular flexibility index (Phi) is 7.29. The van der Waals surface area contributed by atoms with Gasteiger partial charge in [0.2, 0.25) is 5.88 Å². The van der Waals surface area contributed by atoms with Gasteiger partial charge in [-0.1, -0.05) is 94.9 Å². The van der Waals surface area contributed by atoms with Crippen molar-refractivity contribution in [2.75, 3.05) is 0 Å². The van der Waals surface area contributed by atoms with E-state index in [1.54, 1.807) is 0 Å². The van der Waals surface area contributed by atoms with Crippen LogP contribution >= 0.6 is 0 Å². The Bertz CT molecular complexity index is 2190. The van der Waals surface area contributed by atoms with Gasteiger partial charge in [0.25, 0.3) is 0 Å². The molecule has 0 fully saturated rings. The average Bonchev–Trinajstić information content (AvgIpc) is 3.29. The molecule has 44 heavy (non-hydrogen) atoms. The van der Waals surface area contributed by atoms with Crippen LogP contribution in [0.3, 0.4) is 0 Å². The largest absolute Gasteiger partial charge is 0.505 e. The molecule has 0 amide bonds. The number of phenols is 1. The van der Waals surface area contributed by atoms with E-state index in [1.165, 1.54) is 5.56 Å². The van der Waals surface area contributed by atoms with E-state index in [1.807, 2.05) is 66.9 Å². The summed E-state index contributed by atoms with van der Waals surface area (Å²) < 4.78 is 8.73. The minimum atomic E-state index is -0.240. The first kappa shape index (κ1) is 29.8. The fourth-order valence-corrected chi connectivity index (χ4v) is 5.85. The molecular formula is C38H34N3O2Pt-. The summed E-state index contributed by atoms with van der Waals surface area (Å²) in [4.78, 5) is 9.48. The van der Waals surface area contributed by atoms with Crippen LogP contribution in [0.2, 0.25) is 0 Å². The second kappa shape index (κ2) is 10.7. The second-order valence-corrected chi connectivity index (χ2v) is 13.3. The third-order valence-electron chi connectivity index (χ3n) is 8.18. The molecule has 6 heteroatoms. The maximum Gasteiger partial charge on any atom is 0.217 e. The van der Waals surface area contributed by atoms with Gasteiger partial charge < -0.3 is 14.4 Å². The van der Waals surface area contributed by atoms with Crippen molar-refractivity contribution in [3.05, 3.63) is 108 Å². The molecule has 0 unspecified atom stereocenters. The molecular weight excluding hydrogens is 726 g/mol. The third-order valence-corrected chi connectivity index (χ3v) is 8.18. The van der Waals surface area contributed by atoms with Gasteiger partial charge in [-0.2, -0.15) is 6.07 Å². The van der Waals surface area contributed by atoms with E-state index in [0.29, 0.717) is 17.1 Å². The summed E-state index contributed by atoms with van der Waals surface area (Å²) in [5, 5.41) is 15.9. The van der Waals surface area contributed by atoms with Gasteiger partial charge in [0.05, 0.1) is 0 Å². The zero-order valence-electron chi connectivity index (χ0n) is 25.7. The van der Waals surface area contributed by atoms with Crippen LogP contribution in [-0.4, -0.2) is 19.6 Å². The first-order valence-electron chi connectivity index (χ1n) is 14.7. The number of hydrogen-bond acceptors (Lipinski definition) is 4. The zero-order chi connectivity index (χ0) is 30.1. The molecule has 3 heterocycles. The number of aromatic nitrogens is 3. The number of aromatic hydroxyl groups is 1. The number of phenolic OH excluding ortho intramolecular Hbond substituents is 1. The van der Waals surface area contributed by atoms with Crippen LogP contribution in [0.15, 0.2) is 91.1 Å². The molecule has 0 aliphatic carbocycles. The predicted octanol–water partition coefficient (Wildman–Crippen LogP) is 9.77. The molecule has 0 radical (unpaired) electrons. The predicted molar refractivity (Wildman–Crippen MR) is 176 cm³/mol. The number of hydrogen-bond donors (Lipinski definition) is 1. The van der Waals surface area contributed by atoms with E-state index in [2.05, 4.69) is 76.4 Å². The summed E-state index contributed by atoms with van der Waals surface area (Å²) in [6, 6.07) is 32.1. The van der Waals surface area contributed by atoms with Gasteiger partial charge in [0.1, 0.15) is 17.1 Å². The van der Waals surface area contributed by atoms with Gasteiger partial charge in [-0.25, -0.2) is 9.97 Å². The Balaban J connectivity index is 0.00000343. The van der Waals surface area contributed by atoms with Crippen molar-refractivity contribution >= 4 is 43.5 Å².